The zero-order valence-corrected chi connectivity index (χ0v) is 14.7. The van der Waals surface area contributed by atoms with Gasteiger partial charge in [0.05, 0.1) is 24.0 Å². The molecule has 1 unspecified atom stereocenters. The Labute approximate surface area is 152 Å². The van der Waals surface area contributed by atoms with E-state index in [0.717, 1.165) is 26.3 Å². The molecular formula is C14H24ClN7O3. The predicted octanol–water partition coefficient (Wildman–Crippen LogP) is 0.188. The largest absolute Gasteiger partial charge is 0.387 e. The lowest BCUT2D eigenvalue weighted by molar-refractivity contribution is -0.385. The molecule has 10 nitrogen and oxygen atoms in total. The fourth-order valence-electron chi connectivity index (χ4n) is 2.28. The van der Waals surface area contributed by atoms with Crippen LogP contribution in [0.2, 0.25) is 0 Å². The summed E-state index contributed by atoms with van der Waals surface area (Å²) in [4.78, 5) is 20.5. The van der Waals surface area contributed by atoms with Crippen LogP contribution in [0.1, 0.15) is 6.42 Å². The van der Waals surface area contributed by atoms with Crippen LogP contribution < -0.4 is 16.8 Å². The molecule has 2 rings (SSSR count). The van der Waals surface area contributed by atoms with Gasteiger partial charge in [0.25, 0.3) is 5.69 Å². The van der Waals surface area contributed by atoms with Crippen LogP contribution in [0.5, 0.6) is 0 Å². The Morgan fingerprint density at radius 3 is 2.80 bits per heavy atom. The van der Waals surface area contributed by atoms with Gasteiger partial charge in [-0.15, -0.1) is 12.4 Å². The maximum Gasteiger partial charge on any atom is 0.287 e. The van der Waals surface area contributed by atoms with Gasteiger partial charge in [-0.3, -0.25) is 20.0 Å². The average Bonchev–Trinajstić information content (AvgIpc) is 2.56. The Bertz CT molecular complexity index is 564. The van der Waals surface area contributed by atoms with Crippen molar-refractivity contribution in [1.29, 1.82) is 0 Å². The molecule has 1 aromatic heterocycles. The number of hydrogen-bond acceptors (Lipinski definition) is 8. The molecule has 0 aliphatic carbocycles. The van der Waals surface area contributed by atoms with E-state index in [-0.39, 0.29) is 24.3 Å². The van der Waals surface area contributed by atoms with E-state index >= 15 is 0 Å². The lowest BCUT2D eigenvalue weighted by atomic mass is 10.3. The average molecular weight is 374 g/mol. The molecule has 0 saturated carbocycles. The van der Waals surface area contributed by atoms with Crippen LogP contribution in [-0.2, 0) is 4.74 Å². The minimum Gasteiger partial charge on any atom is -0.387 e. The number of aromatic nitrogens is 1. The summed E-state index contributed by atoms with van der Waals surface area (Å²) in [6.07, 6.45) is 1.36. The van der Waals surface area contributed by atoms with E-state index in [2.05, 4.69) is 20.2 Å². The summed E-state index contributed by atoms with van der Waals surface area (Å²) in [5, 5.41) is 13.6. The second-order valence-electron chi connectivity index (χ2n) is 5.44. The monoisotopic (exact) mass is 373 g/mol. The summed E-state index contributed by atoms with van der Waals surface area (Å²) in [6.45, 7) is 4.33. The maximum absolute atomic E-state index is 10.6. The minimum absolute atomic E-state index is 0. The van der Waals surface area contributed by atoms with Gasteiger partial charge in [0.15, 0.2) is 0 Å². The van der Waals surface area contributed by atoms with Gasteiger partial charge in [0.1, 0.15) is 18.2 Å². The molecule has 0 aromatic carbocycles. The number of halogens is 1. The zero-order chi connectivity index (χ0) is 17.4. The summed E-state index contributed by atoms with van der Waals surface area (Å²) in [5.74, 6) is 1.01. The summed E-state index contributed by atoms with van der Waals surface area (Å²) >= 11 is 0. The third-order valence-corrected chi connectivity index (χ3v) is 3.53. The fraction of sp³-hybridized carbons (Fsp3) is 0.571. The number of pyridine rings is 1. The molecule has 0 bridgehead atoms. The van der Waals surface area contributed by atoms with Crippen LogP contribution in [0, 0.1) is 10.1 Å². The number of nitrogens with two attached hydrogens (primary N) is 2. The van der Waals surface area contributed by atoms with Crippen LogP contribution in [0.25, 0.3) is 0 Å². The summed E-state index contributed by atoms with van der Waals surface area (Å²) in [5.41, 5.74) is 11.8. The highest BCUT2D eigenvalue weighted by molar-refractivity contribution is 5.85. The topological polar surface area (TPSA) is 145 Å². The quantitative estimate of drug-likeness (QED) is 0.253. The highest BCUT2D eigenvalue weighted by atomic mass is 35.5. The van der Waals surface area contributed by atoms with Gasteiger partial charge in [0.2, 0.25) is 0 Å². The number of anilines is 1. The van der Waals surface area contributed by atoms with Crippen molar-refractivity contribution in [1.82, 2.24) is 9.88 Å². The molecule has 0 amide bonds. The molecule has 1 saturated heterocycles. The molecule has 140 valence electrons. The van der Waals surface area contributed by atoms with Gasteiger partial charge < -0.3 is 21.5 Å². The molecule has 25 heavy (non-hydrogen) atoms. The molecule has 11 heteroatoms. The first-order valence-electron chi connectivity index (χ1n) is 7.77. The SMILES string of the molecule is Cl.N/C(CCNc1ccc([N+](=O)[O-])cn1)=N\C(N)CN1CCOCC1. The lowest BCUT2D eigenvalue weighted by Gasteiger charge is -2.27. The van der Waals surface area contributed by atoms with Crippen LogP contribution in [0.4, 0.5) is 11.5 Å². The van der Waals surface area contributed by atoms with Gasteiger partial charge >= 0.3 is 0 Å². The van der Waals surface area contributed by atoms with E-state index in [1.165, 1.54) is 12.3 Å². The van der Waals surface area contributed by atoms with Crippen LogP contribution in [0.3, 0.4) is 0 Å². The molecule has 1 aliphatic rings. The Balaban J connectivity index is 0.00000312. The second-order valence-corrected chi connectivity index (χ2v) is 5.44. The van der Waals surface area contributed by atoms with E-state index in [4.69, 9.17) is 16.2 Å². The van der Waals surface area contributed by atoms with Gasteiger partial charge in [-0.1, -0.05) is 0 Å². The van der Waals surface area contributed by atoms with Gasteiger partial charge in [-0.25, -0.2) is 4.98 Å². The summed E-state index contributed by atoms with van der Waals surface area (Å²) < 4.78 is 5.28. The first kappa shape index (κ1) is 21.0. The van der Waals surface area contributed by atoms with E-state index < -0.39 is 4.92 Å². The van der Waals surface area contributed by atoms with E-state index in [0.29, 0.717) is 31.2 Å². The number of rotatable bonds is 8. The number of aliphatic imine (C=N–C) groups is 1. The normalized spacial score (nSPS) is 16.8. The number of nitrogens with zero attached hydrogens (tertiary/aromatic N) is 4. The standard InChI is InChI=1S/C14H23N7O3.ClH/c15-12(19-13(16)10-20-5-7-24-8-6-20)3-4-17-14-2-1-11(9-18-14)21(22)23;/h1-2,9,13H,3-8,10,16H2,(H2,15,19)(H,17,18);1H. The van der Waals surface area contributed by atoms with Crippen molar-refractivity contribution >= 4 is 29.7 Å². The first-order chi connectivity index (χ1) is 11.5. The minimum atomic E-state index is -0.489. The van der Waals surface area contributed by atoms with Crippen molar-refractivity contribution in [3.8, 4) is 0 Å². The predicted molar refractivity (Wildman–Crippen MR) is 98.1 cm³/mol. The smallest absolute Gasteiger partial charge is 0.287 e. The lowest BCUT2D eigenvalue weighted by Crippen LogP contribution is -2.43. The third kappa shape index (κ3) is 7.61. The molecule has 1 aromatic rings. The van der Waals surface area contributed by atoms with Crippen LogP contribution in [-0.4, -0.2) is 66.2 Å². The molecule has 1 aliphatic heterocycles. The Morgan fingerprint density at radius 1 is 1.48 bits per heavy atom. The molecular weight excluding hydrogens is 350 g/mol. The van der Waals surface area contributed by atoms with Crippen molar-refractivity contribution in [2.75, 3.05) is 44.7 Å². The maximum atomic E-state index is 10.6. The third-order valence-electron chi connectivity index (χ3n) is 3.53. The number of nitro groups is 1. The number of ether oxygens (including phenoxy) is 1. The molecule has 1 atom stereocenters. The van der Waals surface area contributed by atoms with Crippen molar-refractivity contribution in [3.63, 3.8) is 0 Å². The van der Waals surface area contributed by atoms with Gasteiger partial charge in [-0.05, 0) is 6.07 Å². The molecule has 2 heterocycles. The van der Waals surface area contributed by atoms with E-state index in [1.807, 2.05) is 0 Å². The Kier molecular flexibility index (Phi) is 9.06. The zero-order valence-electron chi connectivity index (χ0n) is 13.8. The van der Waals surface area contributed by atoms with Gasteiger partial charge in [0, 0.05) is 38.7 Å². The van der Waals surface area contributed by atoms with E-state index in [1.54, 1.807) is 6.07 Å². The summed E-state index contributed by atoms with van der Waals surface area (Å²) in [6, 6.07) is 2.95. The second kappa shape index (κ2) is 10.8. The van der Waals surface area contributed by atoms with Crippen molar-refractivity contribution in [3.05, 3.63) is 28.4 Å². The first-order valence-corrected chi connectivity index (χ1v) is 7.77. The number of nitrogens with one attached hydrogen (secondary N) is 1. The molecule has 0 spiro atoms. The number of morpholine rings is 1. The summed E-state index contributed by atoms with van der Waals surface area (Å²) in [7, 11) is 0. The molecule has 5 N–H and O–H groups in total. The van der Waals surface area contributed by atoms with Crippen LogP contribution >= 0.6 is 12.4 Å². The van der Waals surface area contributed by atoms with Crippen LogP contribution in [0.15, 0.2) is 23.3 Å². The van der Waals surface area contributed by atoms with Crippen molar-refractivity contribution in [2.45, 2.75) is 12.6 Å². The number of hydrogen-bond donors (Lipinski definition) is 3. The highest BCUT2D eigenvalue weighted by Crippen LogP contribution is 2.11. The van der Waals surface area contributed by atoms with Gasteiger partial charge in [-0.2, -0.15) is 0 Å². The van der Waals surface area contributed by atoms with Crippen molar-refractivity contribution in [2.24, 2.45) is 16.5 Å². The Morgan fingerprint density at radius 2 is 2.20 bits per heavy atom. The van der Waals surface area contributed by atoms with Crippen molar-refractivity contribution < 1.29 is 9.66 Å². The molecule has 0 radical (unpaired) electrons. The van der Waals surface area contributed by atoms with E-state index in [9.17, 15) is 10.1 Å². The fourth-order valence-corrected chi connectivity index (χ4v) is 2.28. The Hall–Kier alpha value is -2.01. The highest BCUT2D eigenvalue weighted by Gasteiger charge is 2.13. The molecule has 1 fully saturated rings. The number of amidine groups is 1.